The lowest BCUT2D eigenvalue weighted by Crippen LogP contribution is -2.07. The lowest BCUT2D eigenvalue weighted by molar-refractivity contribution is 0.324. The summed E-state index contributed by atoms with van der Waals surface area (Å²) in [6, 6.07) is 11.5. The standard InChI is InChI=1S/C22H19N3O4/c1-25-8-7-13-16(25)6-5-14-19(15(11-23)22(24)29-20(13)14)12-9-17(26-2)21(28-4)18(10-12)27-3/h5-10,24H,1-4H3. The van der Waals surface area contributed by atoms with Crippen LogP contribution in [0.1, 0.15) is 5.56 Å². The number of nitriles is 1. The van der Waals surface area contributed by atoms with E-state index in [0.717, 1.165) is 16.3 Å². The summed E-state index contributed by atoms with van der Waals surface area (Å²) in [6.45, 7) is 0. The number of rotatable bonds is 4. The lowest BCUT2D eigenvalue weighted by atomic mass is 9.96. The molecule has 29 heavy (non-hydrogen) atoms. The highest BCUT2D eigenvalue weighted by atomic mass is 16.5. The number of hydrogen-bond acceptors (Lipinski definition) is 6. The number of benzene rings is 2. The molecule has 0 fully saturated rings. The number of ether oxygens (including phenoxy) is 3. The Kier molecular flexibility index (Phi) is 4.40. The van der Waals surface area contributed by atoms with E-state index < -0.39 is 0 Å². The summed E-state index contributed by atoms with van der Waals surface area (Å²) in [5.74, 6) is 1.39. The molecule has 0 saturated carbocycles. The largest absolute Gasteiger partial charge is 0.493 e. The van der Waals surface area contributed by atoms with Crippen molar-refractivity contribution in [1.82, 2.24) is 4.57 Å². The molecule has 0 aliphatic heterocycles. The second kappa shape index (κ2) is 6.91. The smallest absolute Gasteiger partial charge is 0.230 e. The van der Waals surface area contributed by atoms with E-state index in [2.05, 4.69) is 6.07 Å². The van der Waals surface area contributed by atoms with E-state index in [-0.39, 0.29) is 11.1 Å². The lowest BCUT2D eigenvalue weighted by Gasteiger charge is -2.16. The fourth-order valence-corrected chi connectivity index (χ4v) is 3.66. The summed E-state index contributed by atoms with van der Waals surface area (Å²) in [5, 5.41) is 19.7. The third-order valence-corrected chi connectivity index (χ3v) is 5.03. The average molecular weight is 389 g/mol. The van der Waals surface area contributed by atoms with Crippen molar-refractivity contribution < 1.29 is 18.6 Å². The summed E-state index contributed by atoms with van der Waals surface area (Å²) < 4.78 is 24.1. The highest BCUT2D eigenvalue weighted by Gasteiger charge is 2.21. The van der Waals surface area contributed by atoms with Crippen LogP contribution in [0.3, 0.4) is 0 Å². The third kappa shape index (κ3) is 2.69. The zero-order chi connectivity index (χ0) is 20.7. The fourth-order valence-electron chi connectivity index (χ4n) is 3.66. The minimum Gasteiger partial charge on any atom is -0.493 e. The van der Waals surface area contributed by atoms with Crippen molar-refractivity contribution in [3.8, 4) is 34.4 Å². The van der Waals surface area contributed by atoms with Gasteiger partial charge in [0.25, 0.3) is 0 Å². The van der Waals surface area contributed by atoms with E-state index in [9.17, 15) is 5.26 Å². The van der Waals surface area contributed by atoms with Gasteiger partial charge in [-0.3, -0.25) is 5.41 Å². The Hall–Kier alpha value is -3.92. The van der Waals surface area contributed by atoms with Crippen LogP contribution >= 0.6 is 0 Å². The highest BCUT2D eigenvalue weighted by molar-refractivity contribution is 6.09. The molecule has 2 aromatic carbocycles. The van der Waals surface area contributed by atoms with Crippen LogP contribution in [0.25, 0.3) is 33.0 Å². The molecule has 0 unspecified atom stereocenters. The molecule has 146 valence electrons. The van der Waals surface area contributed by atoms with Crippen LogP contribution < -0.4 is 19.8 Å². The van der Waals surface area contributed by atoms with E-state index in [1.54, 1.807) is 12.1 Å². The minimum atomic E-state index is -0.194. The van der Waals surface area contributed by atoms with Gasteiger partial charge in [-0.1, -0.05) is 0 Å². The summed E-state index contributed by atoms with van der Waals surface area (Å²) in [7, 11) is 6.55. The molecule has 0 spiro atoms. The van der Waals surface area contributed by atoms with Gasteiger partial charge in [0, 0.05) is 29.6 Å². The van der Waals surface area contributed by atoms with Crippen molar-refractivity contribution in [1.29, 1.82) is 10.7 Å². The topological polar surface area (TPSA) is 93.4 Å². The van der Waals surface area contributed by atoms with E-state index in [1.807, 2.05) is 36.0 Å². The van der Waals surface area contributed by atoms with Crippen LogP contribution in [0.4, 0.5) is 0 Å². The Bertz CT molecular complexity index is 1330. The second-order valence-electron chi connectivity index (χ2n) is 6.51. The monoisotopic (exact) mass is 389 g/mol. The number of aromatic nitrogens is 1. The van der Waals surface area contributed by atoms with Gasteiger partial charge in [0.05, 0.1) is 26.8 Å². The predicted octanol–water partition coefficient (Wildman–Crippen LogP) is 3.97. The SMILES string of the molecule is COc1cc(-c2c(C#N)c(=N)oc3c2ccc2c3ccn2C)cc(OC)c1OC. The first-order valence-electron chi connectivity index (χ1n) is 8.84. The molecule has 0 aliphatic rings. The molecule has 4 aromatic rings. The maximum Gasteiger partial charge on any atom is 0.230 e. The number of fused-ring (bicyclic) bond motifs is 3. The van der Waals surface area contributed by atoms with Crippen LogP contribution in [0.15, 0.2) is 40.9 Å². The fraction of sp³-hybridized carbons (Fsp3) is 0.182. The molecule has 0 radical (unpaired) electrons. The molecule has 0 saturated heterocycles. The number of hydrogen-bond donors (Lipinski definition) is 1. The van der Waals surface area contributed by atoms with Crippen molar-refractivity contribution in [3.63, 3.8) is 0 Å². The Balaban J connectivity index is 2.17. The Labute approximate surface area is 166 Å². The van der Waals surface area contributed by atoms with Crippen LogP contribution in [0, 0.1) is 16.7 Å². The Morgan fingerprint density at radius 1 is 1.00 bits per heavy atom. The molecule has 7 heteroatoms. The van der Waals surface area contributed by atoms with Gasteiger partial charge in [-0.2, -0.15) is 5.26 Å². The molecule has 0 aliphatic carbocycles. The van der Waals surface area contributed by atoms with Crippen molar-refractivity contribution in [2.75, 3.05) is 21.3 Å². The normalized spacial score (nSPS) is 10.9. The van der Waals surface area contributed by atoms with Gasteiger partial charge in [0.15, 0.2) is 11.5 Å². The first-order chi connectivity index (χ1) is 14.0. The molecule has 7 nitrogen and oxygen atoms in total. The van der Waals surface area contributed by atoms with Gasteiger partial charge in [0.2, 0.25) is 11.3 Å². The molecule has 0 atom stereocenters. The maximum atomic E-state index is 9.77. The molecular formula is C22H19N3O4. The zero-order valence-corrected chi connectivity index (χ0v) is 16.5. The van der Waals surface area contributed by atoms with E-state index in [4.69, 9.17) is 24.0 Å². The molecule has 2 heterocycles. The number of nitrogens with one attached hydrogen (secondary N) is 1. The van der Waals surface area contributed by atoms with Gasteiger partial charge < -0.3 is 23.2 Å². The molecular weight excluding hydrogens is 370 g/mol. The Morgan fingerprint density at radius 3 is 2.28 bits per heavy atom. The summed E-state index contributed by atoms with van der Waals surface area (Å²) in [4.78, 5) is 0. The van der Waals surface area contributed by atoms with Gasteiger partial charge in [-0.05, 0) is 35.9 Å². The van der Waals surface area contributed by atoms with E-state index in [1.165, 1.54) is 21.3 Å². The average Bonchev–Trinajstić information content (AvgIpc) is 3.12. The Morgan fingerprint density at radius 2 is 1.69 bits per heavy atom. The van der Waals surface area contributed by atoms with Crippen LogP contribution in [0.5, 0.6) is 17.2 Å². The number of methoxy groups -OCH3 is 3. The van der Waals surface area contributed by atoms with Crippen molar-refractivity contribution in [3.05, 3.63) is 47.6 Å². The molecule has 0 bridgehead atoms. The first kappa shape index (κ1) is 18.4. The van der Waals surface area contributed by atoms with E-state index in [0.29, 0.717) is 34.0 Å². The molecule has 0 amide bonds. The minimum absolute atomic E-state index is 0.141. The predicted molar refractivity (Wildman–Crippen MR) is 108 cm³/mol. The maximum absolute atomic E-state index is 9.77. The van der Waals surface area contributed by atoms with Crippen molar-refractivity contribution in [2.24, 2.45) is 7.05 Å². The van der Waals surface area contributed by atoms with Crippen LogP contribution in [-0.2, 0) is 7.05 Å². The van der Waals surface area contributed by atoms with Gasteiger partial charge >= 0.3 is 0 Å². The van der Waals surface area contributed by atoms with Gasteiger partial charge in [-0.25, -0.2) is 0 Å². The second-order valence-corrected chi connectivity index (χ2v) is 6.51. The number of aryl methyl sites for hydroxylation is 1. The van der Waals surface area contributed by atoms with Gasteiger partial charge in [0.1, 0.15) is 17.2 Å². The van der Waals surface area contributed by atoms with Crippen molar-refractivity contribution in [2.45, 2.75) is 0 Å². The molecule has 1 N–H and O–H groups in total. The van der Waals surface area contributed by atoms with Crippen LogP contribution in [-0.4, -0.2) is 25.9 Å². The zero-order valence-electron chi connectivity index (χ0n) is 16.5. The van der Waals surface area contributed by atoms with Crippen molar-refractivity contribution >= 4 is 21.9 Å². The first-order valence-corrected chi connectivity index (χ1v) is 8.84. The number of nitrogens with zero attached hydrogens (tertiary/aromatic N) is 2. The van der Waals surface area contributed by atoms with Gasteiger partial charge in [-0.15, -0.1) is 0 Å². The quantitative estimate of drug-likeness (QED) is 0.570. The summed E-state index contributed by atoms with van der Waals surface area (Å²) in [6.07, 6.45) is 1.93. The summed E-state index contributed by atoms with van der Waals surface area (Å²) >= 11 is 0. The highest BCUT2D eigenvalue weighted by Crippen LogP contribution is 2.43. The summed E-state index contributed by atoms with van der Waals surface area (Å²) in [5.41, 5.74) is 2.73. The molecule has 2 aromatic heterocycles. The van der Waals surface area contributed by atoms with E-state index >= 15 is 0 Å². The third-order valence-electron chi connectivity index (χ3n) is 5.03. The molecule has 4 rings (SSSR count). The van der Waals surface area contributed by atoms with Crippen LogP contribution in [0.2, 0.25) is 0 Å².